The van der Waals surface area contributed by atoms with E-state index in [0.29, 0.717) is 6.04 Å². The molecule has 20 heavy (non-hydrogen) atoms. The smallest absolute Gasteiger partial charge is 0.0649 e. The molecule has 1 aliphatic heterocycles. The van der Waals surface area contributed by atoms with Gasteiger partial charge in [0.25, 0.3) is 0 Å². The van der Waals surface area contributed by atoms with E-state index in [0.717, 1.165) is 17.7 Å². The molecule has 1 aromatic heterocycles. The number of thiophene rings is 1. The second-order valence-corrected chi connectivity index (χ2v) is 8.51. The van der Waals surface area contributed by atoms with E-state index in [1.807, 2.05) is 23.1 Å². The predicted octanol–water partition coefficient (Wildman–Crippen LogP) is 4.60. The summed E-state index contributed by atoms with van der Waals surface area (Å²) in [6.07, 6.45) is 2.50. The number of benzene rings is 1. The number of fused-ring (bicyclic) bond motifs is 2. The molecule has 1 aliphatic carbocycles. The molecular weight excluding hydrogens is 282 g/mol. The zero-order chi connectivity index (χ0) is 13.5. The SMILES string of the molecule is C[C@H]1CC(NCC2Cc3ccccc32)c2ccsc2S1. The molecule has 0 spiro atoms. The summed E-state index contributed by atoms with van der Waals surface area (Å²) in [5.74, 6) is 0.721. The Morgan fingerprint density at radius 2 is 2.10 bits per heavy atom. The Balaban J connectivity index is 1.44. The van der Waals surface area contributed by atoms with Gasteiger partial charge in [0.05, 0.1) is 4.21 Å². The molecule has 1 N–H and O–H groups in total. The van der Waals surface area contributed by atoms with E-state index in [1.54, 1.807) is 11.1 Å². The molecule has 0 amide bonds. The van der Waals surface area contributed by atoms with Crippen molar-refractivity contribution in [1.82, 2.24) is 5.32 Å². The van der Waals surface area contributed by atoms with Gasteiger partial charge in [-0.25, -0.2) is 0 Å². The molecule has 4 rings (SSSR count). The second-order valence-electron chi connectivity index (χ2n) is 5.89. The molecule has 0 saturated carbocycles. The van der Waals surface area contributed by atoms with Crippen molar-refractivity contribution in [2.75, 3.05) is 6.54 Å². The third-order valence-corrected chi connectivity index (χ3v) is 6.83. The quantitative estimate of drug-likeness (QED) is 0.889. The van der Waals surface area contributed by atoms with Crippen LogP contribution in [0.25, 0.3) is 0 Å². The first-order chi connectivity index (χ1) is 9.81. The van der Waals surface area contributed by atoms with Crippen LogP contribution in [0, 0.1) is 0 Å². The Labute approximate surface area is 128 Å². The van der Waals surface area contributed by atoms with Gasteiger partial charge in [0.15, 0.2) is 0 Å². The van der Waals surface area contributed by atoms with E-state index in [1.165, 1.54) is 22.6 Å². The summed E-state index contributed by atoms with van der Waals surface area (Å²) >= 11 is 3.94. The topological polar surface area (TPSA) is 12.0 Å². The van der Waals surface area contributed by atoms with Crippen LogP contribution in [0.15, 0.2) is 39.9 Å². The number of hydrogen-bond acceptors (Lipinski definition) is 3. The summed E-state index contributed by atoms with van der Waals surface area (Å²) in [7, 11) is 0. The lowest BCUT2D eigenvalue weighted by molar-refractivity contribution is 0.443. The van der Waals surface area contributed by atoms with Crippen molar-refractivity contribution >= 4 is 23.1 Å². The summed E-state index contributed by atoms with van der Waals surface area (Å²) in [5.41, 5.74) is 4.64. The molecule has 2 aromatic rings. The minimum Gasteiger partial charge on any atom is -0.309 e. The Bertz CT molecular complexity index is 619. The van der Waals surface area contributed by atoms with Crippen LogP contribution in [0.2, 0.25) is 0 Å². The van der Waals surface area contributed by atoms with Crippen molar-refractivity contribution in [2.45, 2.75) is 41.2 Å². The fourth-order valence-corrected chi connectivity index (χ4v) is 5.94. The van der Waals surface area contributed by atoms with Crippen molar-refractivity contribution in [3.05, 3.63) is 52.4 Å². The molecule has 2 unspecified atom stereocenters. The van der Waals surface area contributed by atoms with Gasteiger partial charge in [-0.1, -0.05) is 31.2 Å². The molecule has 0 saturated heterocycles. The van der Waals surface area contributed by atoms with Gasteiger partial charge in [0.1, 0.15) is 0 Å². The normalized spacial score (nSPS) is 27.6. The standard InChI is InChI=1S/C17H19NS2/c1-11-8-16(15-6-7-19-17(15)20-11)18-10-13-9-12-4-2-3-5-14(12)13/h2-7,11,13,16,18H,8-10H2,1H3/t11-,13?,16?/m0/s1. The van der Waals surface area contributed by atoms with E-state index in [9.17, 15) is 0 Å². The Kier molecular flexibility index (Phi) is 3.37. The maximum atomic E-state index is 3.83. The molecule has 3 heteroatoms. The lowest BCUT2D eigenvalue weighted by atomic mass is 9.77. The zero-order valence-electron chi connectivity index (χ0n) is 11.6. The van der Waals surface area contributed by atoms with E-state index in [2.05, 4.69) is 48.0 Å². The van der Waals surface area contributed by atoms with E-state index < -0.39 is 0 Å². The molecule has 0 fully saturated rings. The van der Waals surface area contributed by atoms with Gasteiger partial charge < -0.3 is 5.32 Å². The van der Waals surface area contributed by atoms with Gasteiger partial charge in [-0.2, -0.15) is 0 Å². The summed E-state index contributed by atoms with van der Waals surface area (Å²) < 4.78 is 1.52. The molecule has 2 aliphatic rings. The van der Waals surface area contributed by atoms with Gasteiger partial charge >= 0.3 is 0 Å². The maximum Gasteiger partial charge on any atom is 0.0649 e. The molecule has 0 bridgehead atoms. The molecule has 1 aromatic carbocycles. The highest BCUT2D eigenvalue weighted by atomic mass is 32.2. The Hall–Kier alpha value is -0.770. The van der Waals surface area contributed by atoms with Crippen LogP contribution < -0.4 is 5.32 Å². The maximum absolute atomic E-state index is 3.83. The van der Waals surface area contributed by atoms with E-state index in [4.69, 9.17) is 0 Å². The first-order valence-electron chi connectivity index (χ1n) is 7.36. The van der Waals surface area contributed by atoms with E-state index in [-0.39, 0.29) is 0 Å². The Morgan fingerprint density at radius 1 is 1.20 bits per heavy atom. The number of nitrogens with one attached hydrogen (secondary N) is 1. The summed E-state index contributed by atoms with van der Waals surface area (Å²) in [5, 5.41) is 6.80. The van der Waals surface area contributed by atoms with Crippen molar-refractivity contribution in [3.8, 4) is 0 Å². The summed E-state index contributed by atoms with van der Waals surface area (Å²) in [4.78, 5) is 0. The highest BCUT2D eigenvalue weighted by molar-refractivity contribution is 8.01. The van der Waals surface area contributed by atoms with Gasteiger partial charge in [0.2, 0.25) is 0 Å². The molecule has 3 atom stereocenters. The first kappa shape index (κ1) is 12.9. The van der Waals surface area contributed by atoms with Crippen LogP contribution in [0.5, 0.6) is 0 Å². The number of hydrogen-bond donors (Lipinski definition) is 1. The Morgan fingerprint density at radius 3 is 3.00 bits per heavy atom. The fourth-order valence-electron chi connectivity index (χ4n) is 3.37. The molecular formula is C17H19NS2. The highest BCUT2D eigenvalue weighted by Gasteiger charge is 2.29. The fraction of sp³-hybridized carbons (Fsp3) is 0.412. The summed E-state index contributed by atoms with van der Waals surface area (Å²) in [6, 6.07) is 11.7. The number of thioether (sulfide) groups is 1. The lowest BCUT2D eigenvalue weighted by Gasteiger charge is -2.34. The van der Waals surface area contributed by atoms with Gasteiger partial charge in [0, 0.05) is 23.8 Å². The molecule has 0 radical (unpaired) electrons. The average molecular weight is 301 g/mol. The van der Waals surface area contributed by atoms with Crippen LogP contribution in [0.3, 0.4) is 0 Å². The second kappa shape index (κ2) is 5.21. The lowest BCUT2D eigenvalue weighted by Crippen LogP contribution is -2.33. The molecule has 2 heterocycles. The van der Waals surface area contributed by atoms with Crippen molar-refractivity contribution in [1.29, 1.82) is 0 Å². The van der Waals surface area contributed by atoms with Gasteiger partial charge in [-0.05, 0) is 41.0 Å². The monoisotopic (exact) mass is 301 g/mol. The minimum absolute atomic E-state index is 0.556. The van der Waals surface area contributed by atoms with Gasteiger partial charge in [-0.3, -0.25) is 0 Å². The number of rotatable bonds is 3. The zero-order valence-corrected chi connectivity index (χ0v) is 13.3. The van der Waals surface area contributed by atoms with Crippen LogP contribution in [0.4, 0.5) is 0 Å². The first-order valence-corrected chi connectivity index (χ1v) is 9.12. The largest absolute Gasteiger partial charge is 0.309 e. The van der Waals surface area contributed by atoms with Crippen molar-refractivity contribution < 1.29 is 0 Å². The molecule has 104 valence electrons. The van der Waals surface area contributed by atoms with Gasteiger partial charge in [-0.15, -0.1) is 23.1 Å². The van der Waals surface area contributed by atoms with Crippen molar-refractivity contribution in [2.24, 2.45) is 0 Å². The van der Waals surface area contributed by atoms with Crippen molar-refractivity contribution in [3.63, 3.8) is 0 Å². The third-order valence-electron chi connectivity index (χ3n) is 4.48. The van der Waals surface area contributed by atoms with Crippen LogP contribution in [-0.2, 0) is 6.42 Å². The van der Waals surface area contributed by atoms with Crippen LogP contribution in [0.1, 0.15) is 42.0 Å². The third kappa shape index (κ3) is 2.22. The average Bonchev–Trinajstić information content (AvgIpc) is 2.87. The highest BCUT2D eigenvalue weighted by Crippen LogP contribution is 2.44. The minimum atomic E-state index is 0.556. The van der Waals surface area contributed by atoms with Crippen LogP contribution in [-0.4, -0.2) is 11.8 Å². The van der Waals surface area contributed by atoms with Crippen LogP contribution >= 0.6 is 23.1 Å². The summed E-state index contributed by atoms with van der Waals surface area (Å²) in [6.45, 7) is 3.47. The van der Waals surface area contributed by atoms with E-state index >= 15 is 0 Å². The molecule has 1 nitrogen and oxygen atoms in total. The predicted molar refractivity (Wildman–Crippen MR) is 87.9 cm³/mol.